The van der Waals surface area contributed by atoms with Gasteiger partial charge in [0.2, 0.25) is 5.91 Å². The van der Waals surface area contributed by atoms with Crippen molar-refractivity contribution in [2.45, 2.75) is 13.3 Å². The van der Waals surface area contributed by atoms with Crippen LogP contribution in [0.2, 0.25) is 5.15 Å². The number of hydrogen-bond acceptors (Lipinski definition) is 3. The Bertz CT molecular complexity index is 355. The summed E-state index contributed by atoms with van der Waals surface area (Å²) < 4.78 is 0. The highest BCUT2D eigenvalue weighted by Crippen LogP contribution is 2.15. The molecular formula is C10H14ClN3O. The van der Waals surface area contributed by atoms with Crippen LogP contribution in [0.4, 0.5) is 5.69 Å². The lowest BCUT2D eigenvalue weighted by atomic mass is 10.3. The Hall–Kier alpha value is -1.13. The largest absolute Gasteiger partial charge is 0.325 e. The third-order valence-corrected chi connectivity index (χ3v) is 2.30. The first-order chi connectivity index (χ1) is 7.13. The van der Waals surface area contributed by atoms with Crippen molar-refractivity contribution in [3.8, 4) is 0 Å². The molecule has 1 amide bonds. The summed E-state index contributed by atoms with van der Waals surface area (Å²) in [6.45, 7) is 2.50. The summed E-state index contributed by atoms with van der Waals surface area (Å²) in [5, 5.41) is 6.11. The summed E-state index contributed by atoms with van der Waals surface area (Å²) >= 11 is 5.77. The van der Waals surface area contributed by atoms with Crippen molar-refractivity contribution in [1.82, 2.24) is 10.3 Å². The number of nitrogens with zero attached hydrogens (tertiary/aromatic N) is 1. The molecule has 2 N–H and O–H groups in total. The van der Waals surface area contributed by atoms with Crippen LogP contribution in [-0.2, 0) is 4.79 Å². The zero-order valence-electron chi connectivity index (χ0n) is 8.80. The summed E-state index contributed by atoms with van der Waals surface area (Å²) in [5.74, 6) is -0.0344. The van der Waals surface area contributed by atoms with Crippen LogP contribution in [0, 0.1) is 6.92 Å². The molecule has 0 saturated heterocycles. The lowest BCUT2D eigenvalue weighted by Gasteiger charge is -2.05. The molecule has 1 heterocycles. The predicted octanol–water partition coefficient (Wildman–Crippen LogP) is 1.59. The molecule has 1 aromatic heterocycles. The highest BCUT2D eigenvalue weighted by atomic mass is 35.5. The van der Waals surface area contributed by atoms with Crippen molar-refractivity contribution >= 4 is 23.2 Å². The van der Waals surface area contributed by atoms with Crippen molar-refractivity contribution in [1.29, 1.82) is 0 Å². The fourth-order valence-corrected chi connectivity index (χ4v) is 1.19. The van der Waals surface area contributed by atoms with E-state index in [1.54, 1.807) is 19.3 Å². The van der Waals surface area contributed by atoms with Crippen molar-refractivity contribution in [2.75, 3.05) is 18.9 Å². The lowest BCUT2D eigenvalue weighted by Crippen LogP contribution is -2.18. The standard InChI is InChI=1S/C10H14ClN3O/c1-7-5-8(6-13-10(7)11)14-9(15)3-4-12-2/h5-6,12H,3-4H2,1-2H3,(H,14,15). The van der Waals surface area contributed by atoms with E-state index in [0.29, 0.717) is 23.8 Å². The van der Waals surface area contributed by atoms with E-state index in [-0.39, 0.29) is 5.91 Å². The van der Waals surface area contributed by atoms with Crippen molar-refractivity contribution < 1.29 is 4.79 Å². The van der Waals surface area contributed by atoms with Crippen LogP contribution in [0.15, 0.2) is 12.3 Å². The van der Waals surface area contributed by atoms with Gasteiger partial charge in [-0.3, -0.25) is 4.79 Å². The Morgan fingerprint density at radius 1 is 1.60 bits per heavy atom. The van der Waals surface area contributed by atoms with Gasteiger partial charge in [-0.25, -0.2) is 4.98 Å². The third kappa shape index (κ3) is 3.85. The van der Waals surface area contributed by atoms with E-state index in [1.807, 2.05) is 6.92 Å². The van der Waals surface area contributed by atoms with Crippen LogP contribution in [0.25, 0.3) is 0 Å². The molecule has 15 heavy (non-hydrogen) atoms. The molecule has 0 aliphatic rings. The molecule has 0 aliphatic heterocycles. The molecule has 0 saturated carbocycles. The van der Waals surface area contributed by atoms with Crippen LogP contribution in [0.5, 0.6) is 0 Å². The van der Waals surface area contributed by atoms with Crippen LogP contribution in [0.1, 0.15) is 12.0 Å². The average Bonchev–Trinajstić information content (AvgIpc) is 2.20. The molecule has 0 aromatic carbocycles. The molecule has 0 aliphatic carbocycles. The van der Waals surface area contributed by atoms with Crippen LogP contribution < -0.4 is 10.6 Å². The summed E-state index contributed by atoms with van der Waals surface area (Å²) in [6.07, 6.45) is 1.99. The number of carbonyl (C=O) groups excluding carboxylic acids is 1. The van der Waals surface area contributed by atoms with Gasteiger partial charge < -0.3 is 10.6 Å². The monoisotopic (exact) mass is 227 g/mol. The molecule has 5 heteroatoms. The van der Waals surface area contributed by atoms with E-state index in [1.165, 1.54) is 0 Å². The fraction of sp³-hybridized carbons (Fsp3) is 0.400. The van der Waals surface area contributed by atoms with Gasteiger partial charge in [-0.05, 0) is 25.6 Å². The van der Waals surface area contributed by atoms with E-state index in [2.05, 4.69) is 15.6 Å². The van der Waals surface area contributed by atoms with Gasteiger partial charge in [-0.2, -0.15) is 0 Å². The molecule has 0 bridgehead atoms. The van der Waals surface area contributed by atoms with Gasteiger partial charge >= 0.3 is 0 Å². The Morgan fingerprint density at radius 3 is 2.93 bits per heavy atom. The number of anilines is 1. The van der Waals surface area contributed by atoms with E-state index >= 15 is 0 Å². The number of nitrogens with one attached hydrogen (secondary N) is 2. The van der Waals surface area contributed by atoms with Gasteiger partial charge in [0.15, 0.2) is 0 Å². The van der Waals surface area contributed by atoms with Gasteiger partial charge in [-0.15, -0.1) is 0 Å². The van der Waals surface area contributed by atoms with Gasteiger partial charge in [0.1, 0.15) is 5.15 Å². The van der Waals surface area contributed by atoms with E-state index < -0.39 is 0 Å². The van der Waals surface area contributed by atoms with Crippen molar-refractivity contribution in [2.24, 2.45) is 0 Å². The predicted molar refractivity (Wildman–Crippen MR) is 61.2 cm³/mol. The number of carbonyl (C=O) groups is 1. The molecule has 1 aromatic rings. The van der Waals surface area contributed by atoms with E-state index in [0.717, 1.165) is 5.56 Å². The zero-order chi connectivity index (χ0) is 11.3. The lowest BCUT2D eigenvalue weighted by molar-refractivity contribution is -0.116. The highest BCUT2D eigenvalue weighted by Gasteiger charge is 2.03. The fourth-order valence-electron chi connectivity index (χ4n) is 1.09. The van der Waals surface area contributed by atoms with Crippen molar-refractivity contribution in [3.05, 3.63) is 23.0 Å². The Morgan fingerprint density at radius 2 is 2.33 bits per heavy atom. The second-order valence-electron chi connectivity index (χ2n) is 3.23. The molecule has 82 valence electrons. The minimum atomic E-state index is -0.0344. The minimum absolute atomic E-state index is 0.0344. The topological polar surface area (TPSA) is 54.0 Å². The van der Waals surface area contributed by atoms with Crippen LogP contribution in [-0.4, -0.2) is 24.5 Å². The second kappa shape index (κ2) is 5.68. The maximum absolute atomic E-state index is 11.4. The molecule has 0 spiro atoms. The maximum Gasteiger partial charge on any atom is 0.225 e. The Labute approximate surface area is 94.0 Å². The molecule has 0 radical (unpaired) electrons. The van der Waals surface area contributed by atoms with Gasteiger partial charge in [-0.1, -0.05) is 11.6 Å². The quantitative estimate of drug-likeness (QED) is 0.769. The first-order valence-electron chi connectivity index (χ1n) is 4.70. The van der Waals surface area contributed by atoms with Crippen LogP contribution >= 0.6 is 11.6 Å². The zero-order valence-corrected chi connectivity index (χ0v) is 9.56. The summed E-state index contributed by atoms with van der Waals surface area (Å²) in [5.41, 5.74) is 1.53. The second-order valence-corrected chi connectivity index (χ2v) is 3.59. The molecule has 0 fully saturated rings. The molecule has 4 nitrogen and oxygen atoms in total. The molecule has 0 unspecified atom stereocenters. The van der Waals surface area contributed by atoms with Crippen molar-refractivity contribution in [3.63, 3.8) is 0 Å². The number of aryl methyl sites for hydroxylation is 1. The number of rotatable bonds is 4. The number of amides is 1. The van der Waals surface area contributed by atoms with Crippen LogP contribution in [0.3, 0.4) is 0 Å². The van der Waals surface area contributed by atoms with Gasteiger partial charge in [0, 0.05) is 13.0 Å². The first-order valence-corrected chi connectivity index (χ1v) is 5.08. The number of pyridine rings is 1. The van der Waals surface area contributed by atoms with E-state index in [4.69, 9.17) is 11.6 Å². The highest BCUT2D eigenvalue weighted by molar-refractivity contribution is 6.30. The summed E-state index contributed by atoms with van der Waals surface area (Å²) in [6, 6.07) is 1.80. The normalized spacial score (nSPS) is 10.1. The molecule has 1 rings (SSSR count). The maximum atomic E-state index is 11.4. The number of halogens is 1. The van der Waals surface area contributed by atoms with Gasteiger partial charge in [0.25, 0.3) is 0 Å². The SMILES string of the molecule is CNCCC(=O)Nc1cnc(Cl)c(C)c1. The molecule has 0 atom stereocenters. The van der Waals surface area contributed by atoms with Gasteiger partial charge in [0.05, 0.1) is 11.9 Å². The Balaban J connectivity index is 2.57. The summed E-state index contributed by atoms with van der Waals surface area (Å²) in [4.78, 5) is 15.3. The summed E-state index contributed by atoms with van der Waals surface area (Å²) in [7, 11) is 1.81. The average molecular weight is 228 g/mol. The third-order valence-electron chi connectivity index (χ3n) is 1.90. The Kier molecular flexibility index (Phi) is 4.52. The van der Waals surface area contributed by atoms with E-state index in [9.17, 15) is 4.79 Å². The number of aromatic nitrogens is 1. The minimum Gasteiger partial charge on any atom is -0.325 e. The first kappa shape index (κ1) is 11.9. The number of hydrogen-bond donors (Lipinski definition) is 2. The smallest absolute Gasteiger partial charge is 0.225 e. The molecular weight excluding hydrogens is 214 g/mol.